The Bertz CT molecular complexity index is 745. The van der Waals surface area contributed by atoms with Crippen LogP contribution < -0.4 is 0 Å². The zero-order valence-electron chi connectivity index (χ0n) is 9.81. The monoisotopic (exact) mass is 333 g/mol. The summed E-state index contributed by atoms with van der Waals surface area (Å²) in [6.07, 6.45) is 1.60. The predicted octanol–water partition coefficient (Wildman–Crippen LogP) is 5.29. The summed E-state index contributed by atoms with van der Waals surface area (Å²) in [6.45, 7) is 0. The van der Waals surface area contributed by atoms with E-state index in [1.807, 2.05) is 36.4 Å². The first-order chi connectivity index (χ1) is 9.22. The van der Waals surface area contributed by atoms with Crippen LogP contribution in [0.5, 0.6) is 0 Å². The summed E-state index contributed by atoms with van der Waals surface area (Å²) in [4.78, 5) is 5.07. The fourth-order valence-corrected chi connectivity index (χ4v) is 2.93. The van der Waals surface area contributed by atoms with Crippen LogP contribution in [0.2, 0.25) is 0 Å². The maximum atomic E-state index is 13.7. The molecule has 3 aromatic rings. The summed E-state index contributed by atoms with van der Waals surface area (Å²) in [5.41, 5.74) is 0. The van der Waals surface area contributed by atoms with Crippen LogP contribution in [0.1, 0.15) is 0 Å². The van der Waals surface area contributed by atoms with E-state index in [1.165, 1.54) is 23.2 Å². The summed E-state index contributed by atoms with van der Waals surface area (Å²) in [5, 5.41) is 2.71. The van der Waals surface area contributed by atoms with Gasteiger partial charge in [-0.25, -0.2) is 9.37 Å². The van der Waals surface area contributed by atoms with Gasteiger partial charge in [0.05, 0.1) is 0 Å². The standard InChI is InChI=1S/C15H9BrFNS/c16-12-8-14(17)15(18-9-12)19-13-6-5-10-3-1-2-4-11(10)7-13/h1-9H. The van der Waals surface area contributed by atoms with Gasteiger partial charge in [-0.2, -0.15) is 0 Å². The van der Waals surface area contributed by atoms with Gasteiger partial charge in [0.15, 0.2) is 5.82 Å². The molecule has 0 aliphatic carbocycles. The Morgan fingerprint density at radius 1 is 1.00 bits per heavy atom. The highest BCUT2D eigenvalue weighted by Gasteiger charge is 2.07. The first kappa shape index (κ1) is 12.6. The minimum atomic E-state index is -0.312. The maximum Gasteiger partial charge on any atom is 0.156 e. The van der Waals surface area contributed by atoms with E-state index in [0.717, 1.165) is 10.3 Å². The van der Waals surface area contributed by atoms with Crippen LogP contribution in [0.4, 0.5) is 4.39 Å². The van der Waals surface area contributed by atoms with Crippen molar-refractivity contribution in [1.29, 1.82) is 0 Å². The van der Waals surface area contributed by atoms with Gasteiger partial charge in [0, 0.05) is 15.6 Å². The maximum absolute atomic E-state index is 13.7. The fourth-order valence-electron chi connectivity index (χ4n) is 1.82. The number of fused-ring (bicyclic) bond motifs is 1. The van der Waals surface area contributed by atoms with Crippen LogP contribution in [-0.4, -0.2) is 4.98 Å². The second kappa shape index (κ2) is 5.31. The third-order valence-electron chi connectivity index (χ3n) is 2.71. The molecule has 0 aliphatic heterocycles. The van der Waals surface area contributed by atoms with Gasteiger partial charge in [0.25, 0.3) is 0 Å². The first-order valence-electron chi connectivity index (χ1n) is 5.70. The molecule has 0 bridgehead atoms. The molecule has 0 aliphatic rings. The van der Waals surface area contributed by atoms with Gasteiger partial charge in [-0.15, -0.1) is 0 Å². The number of halogens is 2. The van der Waals surface area contributed by atoms with Crippen molar-refractivity contribution in [1.82, 2.24) is 4.98 Å². The Kier molecular flexibility index (Phi) is 3.53. The van der Waals surface area contributed by atoms with Crippen LogP contribution in [-0.2, 0) is 0 Å². The van der Waals surface area contributed by atoms with Gasteiger partial charge in [0.2, 0.25) is 0 Å². The summed E-state index contributed by atoms with van der Waals surface area (Å²) in [6, 6.07) is 15.6. The van der Waals surface area contributed by atoms with Gasteiger partial charge < -0.3 is 0 Å². The lowest BCUT2D eigenvalue weighted by Gasteiger charge is -2.04. The zero-order valence-corrected chi connectivity index (χ0v) is 12.2. The molecule has 0 spiro atoms. The Morgan fingerprint density at radius 2 is 1.79 bits per heavy atom. The molecule has 1 aromatic heterocycles. The van der Waals surface area contributed by atoms with Gasteiger partial charge in [-0.1, -0.05) is 42.1 Å². The molecular formula is C15H9BrFNS. The Labute approximate surface area is 123 Å². The average Bonchev–Trinajstić information content (AvgIpc) is 2.42. The van der Waals surface area contributed by atoms with Gasteiger partial charge in [-0.3, -0.25) is 0 Å². The van der Waals surface area contributed by atoms with E-state index in [9.17, 15) is 4.39 Å². The Balaban J connectivity index is 1.96. The van der Waals surface area contributed by atoms with Crippen LogP contribution in [0.15, 0.2) is 69.1 Å². The van der Waals surface area contributed by atoms with E-state index < -0.39 is 0 Å². The number of rotatable bonds is 2. The van der Waals surface area contributed by atoms with E-state index in [2.05, 4.69) is 27.0 Å². The van der Waals surface area contributed by atoms with E-state index >= 15 is 0 Å². The fraction of sp³-hybridized carbons (Fsp3) is 0. The smallest absolute Gasteiger partial charge is 0.156 e. The zero-order chi connectivity index (χ0) is 13.2. The molecule has 0 radical (unpaired) electrons. The molecule has 1 nitrogen and oxygen atoms in total. The second-order valence-electron chi connectivity index (χ2n) is 4.05. The SMILES string of the molecule is Fc1cc(Br)cnc1Sc1ccc2ccccc2c1. The molecule has 2 aromatic carbocycles. The molecule has 19 heavy (non-hydrogen) atoms. The van der Waals surface area contributed by atoms with Crippen molar-refractivity contribution in [2.75, 3.05) is 0 Å². The summed E-state index contributed by atoms with van der Waals surface area (Å²) >= 11 is 4.53. The van der Waals surface area contributed by atoms with Crippen molar-refractivity contribution in [3.8, 4) is 0 Å². The summed E-state index contributed by atoms with van der Waals surface area (Å²) in [7, 11) is 0. The number of pyridine rings is 1. The molecule has 0 saturated carbocycles. The number of aromatic nitrogens is 1. The lowest BCUT2D eigenvalue weighted by atomic mass is 10.1. The molecule has 0 fully saturated rings. The van der Waals surface area contributed by atoms with Crippen molar-refractivity contribution in [3.05, 3.63) is 65.0 Å². The van der Waals surface area contributed by atoms with Crippen molar-refractivity contribution < 1.29 is 4.39 Å². The summed E-state index contributed by atoms with van der Waals surface area (Å²) in [5.74, 6) is -0.312. The minimum absolute atomic E-state index is 0.312. The van der Waals surface area contributed by atoms with E-state index in [-0.39, 0.29) is 5.82 Å². The van der Waals surface area contributed by atoms with Crippen LogP contribution in [0.3, 0.4) is 0 Å². The third kappa shape index (κ3) is 2.80. The number of hydrogen-bond acceptors (Lipinski definition) is 2. The highest BCUT2D eigenvalue weighted by atomic mass is 79.9. The molecule has 0 saturated heterocycles. The van der Waals surface area contributed by atoms with Gasteiger partial charge in [-0.05, 0) is 44.9 Å². The molecule has 0 unspecified atom stereocenters. The Morgan fingerprint density at radius 3 is 2.58 bits per heavy atom. The topological polar surface area (TPSA) is 12.9 Å². The summed E-state index contributed by atoms with van der Waals surface area (Å²) < 4.78 is 14.4. The molecule has 3 rings (SSSR count). The van der Waals surface area contributed by atoms with Crippen molar-refractivity contribution in [2.45, 2.75) is 9.92 Å². The molecule has 4 heteroatoms. The van der Waals surface area contributed by atoms with Crippen molar-refractivity contribution in [3.63, 3.8) is 0 Å². The molecule has 94 valence electrons. The highest BCUT2D eigenvalue weighted by molar-refractivity contribution is 9.10. The van der Waals surface area contributed by atoms with Crippen molar-refractivity contribution in [2.24, 2.45) is 0 Å². The molecule has 0 atom stereocenters. The van der Waals surface area contributed by atoms with E-state index in [1.54, 1.807) is 6.20 Å². The lowest BCUT2D eigenvalue weighted by molar-refractivity contribution is 0.586. The average molecular weight is 334 g/mol. The predicted molar refractivity (Wildman–Crippen MR) is 80.0 cm³/mol. The molecule has 0 N–H and O–H groups in total. The van der Waals surface area contributed by atoms with E-state index in [0.29, 0.717) is 9.50 Å². The lowest BCUT2D eigenvalue weighted by Crippen LogP contribution is -1.86. The first-order valence-corrected chi connectivity index (χ1v) is 7.31. The minimum Gasteiger partial charge on any atom is -0.245 e. The van der Waals surface area contributed by atoms with Crippen LogP contribution in [0.25, 0.3) is 10.8 Å². The molecular weight excluding hydrogens is 325 g/mol. The number of hydrogen-bond donors (Lipinski definition) is 0. The Hall–Kier alpha value is -1.39. The highest BCUT2D eigenvalue weighted by Crippen LogP contribution is 2.31. The quantitative estimate of drug-likeness (QED) is 0.632. The van der Waals surface area contributed by atoms with Gasteiger partial charge >= 0.3 is 0 Å². The number of benzene rings is 2. The van der Waals surface area contributed by atoms with Crippen LogP contribution >= 0.6 is 27.7 Å². The largest absolute Gasteiger partial charge is 0.245 e. The normalized spacial score (nSPS) is 10.8. The molecule has 1 heterocycles. The van der Waals surface area contributed by atoms with Crippen molar-refractivity contribution >= 4 is 38.5 Å². The molecule has 0 amide bonds. The number of nitrogens with zero attached hydrogens (tertiary/aromatic N) is 1. The van der Waals surface area contributed by atoms with E-state index in [4.69, 9.17) is 0 Å². The van der Waals surface area contributed by atoms with Crippen LogP contribution in [0, 0.1) is 5.82 Å². The van der Waals surface area contributed by atoms with Gasteiger partial charge in [0.1, 0.15) is 5.03 Å². The third-order valence-corrected chi connectivity index (χ3v) is 4.13. The second-order valence-corrected chi connectivity index (χ2v) is 6.03.